The Balaban J connectivity index is 1.76. The summed E-state index contributed by atoms with van der Waals surface area (Å²) in [6.45, 7) is 0. The number of hydrogen-bond acceptors (Lipinski definition) is 3. The topological polar surface area (TPSA) is 43.4 Å². The second-order valence-electron chi connectivity index (χ2n) is 6.70. The Morgan fingerprint density at radius 3 is 2.64 bits per heavy atom. The van der Waals surface area contributed by atoms with Crippen LogP contribution in [0.25, 0.3) is 6.08 Å². The third-order valence-electron chi connectivity index (χ3n) is 5.21. The van der Waals surface area contributed by atoms with Crippen LogP contribution in [0.2, 0.25) is 0 Å². The first kappa shape index (κ1) is 15.8. The van der Waals surface area contributed by atoms with Gasteiger partial charge in [0.15, 0.2) is 5.78 Å². The van der Waals surface area contributed by atoms with Gasteiger partial charge in [-0.25, -0.2) is 4.79 Å². The van der Waals surface area contributed by atoms with Gasteiger partial charge in [-0.05, 0) is 60.1 Å². The van der Waals surface area contributed by atoms with E-state index in [0.717, 1.165) is 41.5 Å². The summed E-state index contributed by atoms with van der Waals surface area (Å²) in [7, 11) is 1.37. The Labute approximate surface area is 147 Å². The Hall–Kier alpha value is -2.68. The fourth-order valence-corrected chi connectivity index (χ4v) is 3.98. The molecule has 0 unspecified atom stereocenters. The molecule has 126 valence electrons. The van der Waals surface area contributed by atoms with Crippen LogP contribution in [0, 0.1) is 0 Å². The zero-order chi connectivity index (χ0) is 17.4. The molecule has 25 heavy (non-hydrogen) atoms. The Bertz CT molecular complexity index is 905. The molecule has 0 amide bonds. The molecular weight excluding hydrogens is 312 g/mol. The first-order valence-corrected chi connectivity index (χ1v) is 8.75. The van der Waals surface area contributed by atoms with Crippen LogP contribution in [0.15, 0.2) is 42.0 Å². The molecule has 0 atom stereocenters. The smallest absolute Gasteiger partial charge is 0.338 e. The molecule has 0 aromatic heterocycles. The minimum atomic E-state index is -0.382. The van der Waals surface area contributed by atoms with Crippen LogP contribution in [0.5, 0.6) is 0 Å². The molecule has 0 fully saturated rings. The molecule has 2 aliphatic rings. The molecule has 0 radical (unpaired) electrons. The molecule has 0 aliphatic heterocycles. The zero-order valence-electron chi connectivity index (χ0n) is 14.3. The molecular formula is C22H20O3. The highest BCUT2D eigenvalue weighted by atomic mass is 16.5. The minimum absolute atomic E-state index is 0.119. The number of hydrogen-bond donors (Lipinski definition) is 0. The second-order valence-corrected chi connectivity index (χ2v) is 6.70. The van der Waals surface area contributed by atoms with Crippen molar-refractivity contribution in [1.29, 1.82) is 0 Å². The number of rotatable bonds is 2. The van der Waals surface area contributed by atoms with E-state index in [1.807, 2.05) is 18.2 Å². The first-order valence-electron chi connectivity index (χ1n) is 8.75. The Kier molecular flexibility index (Phi) is 4.00. The van der Waals surface area contributed by atoms with Crippen molar-refractivity contribution in [2.75, 3.05) is 7.11 Å². The van der Waals surface area contributed by atoms with Gasteiger partial charge >= 0.3 is 5.97 Å². The predicted molar refractivity (Wildman–Crippen MR) is 96.9 cm³/mol. The Morgan fingerprint density at radius 2 is 1.80 bits per heavy atom. The molecule has 3 heteroatoms. The number of ether oxygens (including phenoxy) is 1. The van der Waals surface area contributed by atoms with Crippen LogP contribution in [-0.2, 0) is 24.0 Å². The lowest BCUT2D eigenvalue weighted by Gasteiger charge is -2.18. The molecule has 0 saturated carbocycles. The van der Waals surface area contributed by atoms with Gasteiger partial charge in [0, 0.05) is 17.6 Å². The minimum Gasteiger partial charge on any atom is -0.465 e. The highest BCUT2D eigenvalue weighted by Gasteiger charge is 2.30. The van der Waals surface area contributed by atoms with E-state index in [4.69, 9.17) is 4.74 Å². The monoisotopic (exact) mass is 332 g/mol. The van der Waals surface area contributed by atoms with Crippen LogP contribution >= 0.6 is 0 Å². The van der Waals surface area contributed by atoms with Crippen molar-refractivity contribution in [3.8, 4) is 0 Å². The highest BCUT2D eigenvalue weighted by Crippen LogP contribution is 2.35. The quantitative estimate of drug-likeness (QED) is 0.612. The molecule has 0 bridgehead atoms. The maximum absolute atomic E-state index is 13.0. The molecule has 2 aromatic rings. The van der Waals surface area contributed by atoms with E-state index in [2.05, 4.69) is 12.1 Å². The van der Waals surface area contributed by atoms with E-state index in [0.29, 0.717) is 12.0 Å². The van der Waals surface area contributed by atoms with E-state index in [-0.39, 0.29) is 11.8 Å². The third kappa shape index (κ3) is 2.70. The second kappa shape index (κ2) is 6.32. The van der Waals surface area contributed by atoms with E-state index in [1.54, 1.807) is 12.1 Å². The van der Waals surface area contributed by atoms with Gasteiger partial charge in [0.05, 0.1) is 12.7 Å². The fraction of sp³-hybridized carbons (Fsp3) is 0.273. The van der Waals surface area contributed by atoms with Gasteiger partial charge in [-0.1, -0.05) is 30.3 Å². The van der Waals surface area contributed by atoms with Crippen LogP contribution in [0.1, 0.15) is 55.8 Å². The summed E-state index contributed by atoms with van der Waals surface area (Å²) in [5.41, 5.74) is 6.59. The van der Waals surface area contributed by atoms with Crippen LogP contribution in [0.4, 0.5) is 0 Å². The van der Waals surface area contributed by atoms with Gasteiger partial charge in [-0.2, -0.15) is 0 Å². The molecule has 2 aliphatic carbocycles. The van der Waals surface area contributed by atoms with Crippen molar-refractivity contribution >= 4 is 17.8 Å². The van der Waals surface area contributed by atoms with Gasteiger partial charge in [0.25, 0.3) is 0 Å². The number of ketones is 1. The van der Waals surface area contributed by atoms with Crippen molar-refractivity contribution < 1.29 is 14.3 Å². The van der Waals surface area contributed by atoms with Gasteiger partial charge in [-0.15, -0.1) is 0 Å². The van der Waals surface area contributed by atoms with Crippen LogP contribution < -0.4 is 0 Å². The summed E-state index contributed by atoms with van der Waals surface area (Å²) >= 11 is 0. The number of esters is 1. The third-order valence-corrected chi connectivity index (χ3v) is 5.21. The lowest BCUT2D eigenvalue weighted by molar-refractivity contribution is 0.0600. The number of methoxy groups -OCH3 is 1. The van der Waals surface area contributed by atoms with E-state index in [9.17, 15) is 9.59 Å². The number of allylic oxidation sites excluding steroid dienone is 1. The average Bonchev–Trinajstić information content (AvgIpc) is 2.97. The summed E-state index contributed by atoms with van der Waals surface area (Å²) in [5.74, 6) is -0.263. The van der Waals surface area contributed by atoms with Gasteiger partial charge < -0.3 is 4.74 Å². The standard InChI is InChI=1S/C22H20O3/c1-25-22(24)19-9-5-3-7-15(19)12-17-13-16-11-10-14-6-2-4-8-18(14)20(16)21(17)23/h3,5,7,9-12H,2,4,6,8,13H2,1H3/b17-12+. The van der Waals surface area contributed by atoms with Crippen LogP contribution in [-0.4, -0.2) is 18.9 Å². The lowest BCUT2D eigenvalue weighted by atomic mass is 9.86. The van der Waals surface area contributed by atoms with Gasteiger partial charge in [-0.3, -0.25) is 4.79 Å². The van der Waals surface area contributed by atoms with Crippen molar-refractivity contribution in [1.82, 2.24) is 0 Å². The molecule has 0 heterocycles. The zero-order valence-corrected chi connectivity index (χ0v) is 14.3. The van der Waals surface area contributed by atoms with Gasteiger partial charge in [0.1, 0.15) is 0 Å². The number of carbonyl (C=O) groups is 2. The van der Waals surface area contributed by atoms with Crippen molar-refractivity contribution in [3.63, 3.8) is 0 Å². The lowest BCUT2D eigenvalue weighted by Crippen LogP contribution is -2.09. The van der Waals surface area contributed by atoms with E-state index >= 15 is 0 Å². The van der Waals surface area contributed by atoms with Crippen molar-refractivity contribution in [2.45, 2.75) is 32.1 Å². The number of fused-ring (bicyclic) bond motifs is 3. The summed E-state index contributed by atoms with van der Waals surface area (Å²) in [5, 5.41) is 0. The number of carbonyl (C=O) groups excluding carboxylic acids is 2. The van der Waals surface area contributed by atoms with E-state index in [1.165, 1.54) is 24.7 Å². The summed E-state index contributed by atoms with van der Waals surface area (Å²) in [6.07, 6.45) is 6.91. The molecule has 3 nitrogen and oxygen atoms in total. The molecule has 2 aromatic carbocycles. The summed E-state index contributed by atoms with van der Waals surface area (Å²) in [6, 6.07) is 11.5. The number of aryl methyl sites for hydroxylation is 1. The summed E-state index contributed by atoms with van der Waals surface area (Å²) < 4.78 is 4.85. The van der Waals surface area contributed by atoms with Crippen molar-refractivity contribution in [2.24, 2.45) is 0 Å². The molecule has 0 spiro atoms. The van der Waals surface area contributed by atoms with Gasteiger partial charge in [0.2, 0.25) is 0 Å². The normalized spacial score (nSPS) is 17.3. The largest absolute Gasteiger partial charge is 0.465 e. The summed E-state index contributed by atoms with van der Waals surface area (Å²) in [4.78, 5) is 25.0. The maximum atomic E-state index is 13.0. The van der Waals surface area contributed by atoms with Crippen LogP contribution in [0.3, 0.4) is 0 Å². The van der Waals surface area contributed by atoms with Crippen molar-refractivity contribution in [3.05, 3.63) is 75.4 Å². The SMILES string of the molecule is COC(=O)c1ccccc1/C=C1\Cc2ccc3c(c2C1=O)CCCC3. The highest BCUT2D eigenvalue weighted by molar-refractivity contribution is 6.17. The molecule has 0 N–H and O–H groups in total. The van der Waals surface area contributed by atoms with E-state index < -0.39 is 0 Å². The number of Topliss-reactive ketones (excluding diaryl/α,β-unsaturated/α-hetero) is 1. The molecule has 4 rings (SSSR count). The fourth-order valence-electron chi connectivity index (χ4n) is 3.98. The number of benzene rings is 2. The average molecular weight is 332 g/mol. The first-order chi connectivity index (χ1) is 12.2. The Morgan fingerprint density at radius 1 is 1.04 bits per heavy atom. The predicted octanol–water partition coefficient (Wildman–Crippen LogP) is 4.17. The molecule has 0 saturated heterocycles. The maximum Gasteiger partial charge on any atom is 0.338 e.